The number of carbonyl (C=O) groups is 4. The second kappa shape index (κ2) is 11.3. The molecule has 2 aromatic carbocycles. The average molecular weight is 518 g/mol. The standard InChI is InChI=1S/C28H28FN5O4/c1-18(32-26(37)19-6-5-13-31-15-19)25(36)33-22(17-35)14-28(30,20-7-3-2-4-8-20)24-16-34(27(24)38)23-11-9-21(29)10-12-23/h2-13,15,17-18,22,24H,14,16,30H2,1H3,(H,32,37)(H,33,36)/t18-,22?,24?,28+/m0/s1. The van der Waals surface area contributed by atoms with E-state index in [-0.39, 0.29) is 18.9 Å². The van der Waals surface area contributed by atoms with E-state index in [0.717, 1.165) is 0 Å². The fourth-order valence-corrected chi connectivity index (χ4v) is 4.52. The molecule has 1 fully saturated rings. The van der Waals surface area contributed by atoms with Crippen molar-refractivity contribution in [3.05, 3.63) is 96.1 Å². The summed E-state index contributed by atoms with van der Waals surface area (Å²) in [6.45, 7) is 1.75. The molecular weight excluding hydrogens is 489 g/mol. The Labute approximate surface area is 219 Å². The number of aldehydes is 1. The van der Waals surface area contributed by atoms with Crippen LogP contribution in [0, 0.1) is 11.7 Å². The third-order valence-electron chi connectivity index (χ3n) is 6.71. The lowest BCUT2D eigenvalue weighted by atomic mass is 9.70. The lowest BCUT2D eigenvalue weighted by molar-refractivity contribution is -0.131. The molecule has 0 saturated carbocycles. The van der Waals surface area contributed by atoms with Gasteiger partial charge in [-0.25, -0.2) is 4.39 Å². The molecule has 4 rings (SSSR count). The van der Waals surface area contributed by atoms with Crippen molar-refractivity contribution in [3.63, 3.8) is 0 Å². The lowest BCUT2D eigenvalue weighted by Crippen LogP contribution is -2.65. The van der Waals surface area contributed by atoms with E-state index in [2.05, 4.69) is 15.6 Å². The van der Waals surface area contributed by atoms with Crippen molar-refractivity contribution in [1.29, 1.82) is 0 Å². The normalized spacial score (nSPS) is 17.9. The van der Waals surface area contributed by atoms with Gasteiger partial charge in [-0.15, -0.1) is 0 Å². The van der Waals surface area contributed by atoms with Gasteiger partial charge in [0.25, 0.3) is 5.91 Å². The van der Waals surface area contributed by atoms with Crippen molar-refractivity contribution in [2.24, 2.45) is 11.7 Å². The van der Waals surface area contributed by atoms with Gasteiger partial charge in [-0.1, -0.05) is 30.3 Å². The minimum absolute atomic E-state index is 0.0524. The Morgan fingerprint density at radius 1 is 1.13 bits per heavy atom. The molecule has 0 aliphatic carbocycles. The number of aromatic nitrogens is 1. The number of pyridine rings is 1. The highest BCUT2D eigenvalue weighted by atomic mass is 19.1. The number of hydrogen-bond acceptors (Lipinski definition) is 6. The molecule has 9 nitrogen and oxygen atoms in total. The number of benzene rings is 2. The van der Waals surface area contributed by atoms with E-state index in [1.54, 1.807) is 36.4 Å². The van der Waals surface area contributed by atoms with Crippen LogP contribution in [0.4, 0.5) is 10.1 Å². The molecule has 1 aliphatic rings. The summed E-state index contributed by atoms with van der Waals surface area (Å²) in [6, 6.07) is 15.7. The van der Waals surface area contributed by atoms with Gasteiger partial charge in [0.05, 0.1) is 23.1 Å². The number of halogens is 1. The number of carbonyl (C=O) groups excluding carboxylic acids is 4. The molecule has 1 saturated heterocycles. The monoisotopic (exact) mass is 517 g/mol. The molecule has 4 N–H and O–H groups in total. The summed E-state index contributed by atoms with van der Waals surface area (Å²) in [7, 11) is 0. The Balaban J connectivity index is 1.48. The quantitative estimate of drug-likeness (QED) is 0.278. The van der Waals surface area contributed by atoms with Crippen LogP contribution in [-0.4, -0.2) is 47.6 Å². The molecule has 3 aromatic rings. The Hall–Kier alpha value is -4.44. The van der Waals surface area contributed by atoms with Gasteiger partial charge in [0.15, 0.2) is 0 Å². The molecule has 196 valence electrons. The van der Waals surface area contributed by atoms with Gasteiger partial charge in [0.2, 0.25) is 11.8 Å². The third-order valence-corrected chi connectivity index (χ3v) is 6.71. The molecule has 0 spiro atoms. The average Bonchev–Trinajstić information content (AvgIpc) is 2.93. The van der Waals surface area contributed by atoms with Crippen molar-refractivity contribution in [2.75, 3.05) is 11.4 Å². The maximum absolute atomic E-state index is 13.3. The Morgan fingerprint density at radius 2 is 1.84 bits per heavy atom. The van der Waals surface area contributed by atoms with Crippen LogP contribution in [0.25, 0.3) is 0 Å². The minimum atomic E-state index is -1.28. The van der Waals surface area contributed by atoms with Crippen LogP contribution in [0.5, 0.6) is 0 Å². The van der Waals surface area contributed by atoms with Gasteiger partial charge in [-0.3, -0.25) is 19.4 Å². The fourth-order valence-electron chi connectivity index (χ4n) is 4.52. The molecule has 38 heavy (non-hydrogen) atoms. The molecule has 0 bridgehead atoms. The van der Waals surface area contributed by atoms with E-state index >= 15 is 0 Å². The van der Waals surface area contributed by atoms with Crippen molar-refractivity contribution >= 4 is 29.7 Å². The maximum Gasteiger partial charge on any atom is 0.253 e. The molecule has 1 aromatic heterocycles. The number of hydrogen-bond donors (Lipinski definition) is 3. The maximum atomic E-state index is 13.3. The minimum Gasteiger partial charge on any atom is -0.345 e. The Kier molecular flexibility index (Phi) is 7.92. The molecule has 1 aliphatic heterocycles. The van der Waals surface area contributed by atoms with Crippen LogP contribution < -0.4 is 21.3 Å². The number of β-lactam (4-membered cyclic amide) rings is 1. The summed E-state index contributed by atoms with van der Waals surface area (Å²) >= 11 is 0. The Morgan fingerprint density at radius 3 is 2.45 bits per heavy atom. The first kappa shape index (κ1) is 26.6. The summed E-state index contributed by atoms with van der Waals surface area (Å²) < 4.78 is 13.3. The van der Waals surface area contributed by atoms with E-state index in [0.29, 0.717) is 23.1 Å². The van der Waals surface area contributed by atoms with Gasteiger partial charge in [-0.05, 0) is 55.3 Å². The van der Waals surface area contributed by atoms with Gasteiger partial charge >= 0.3 is 0 Å². The summed E-state index contributed by atoms with van der Waals surface area (Å²) in [5.41, 5.74) is 7.06. The highest BCUT2D eigenvalue weighted by Gasteiger charge is 2.51. The zero-order chi connectivity index (χ0) is 27.3. The lowest BCUT2D eigenvalue weighted by Gasteiger charge is -2.48. The Bertz CT molecular complexity index is 1310. The number of amides is 3. The van der Waals surface area contributed by atoms with Crippen LogP contribution in [0.15, 0.2) is 79.1 Å². The fraction of sp³-hybridized carbons (Fsp3) is 0.250. The van der Waals surface area contributed by atoms with Crippen molar-refractivity contribution in [3.8, 4) is 0 Å². The number of nitrogens with zero attached hydrogens (tertiary/aromatic N) is 2. The van der Waals surface area contributed by atoms with Crippen LogP contribution in [0.1, 0.15) is 29.3 Å². The van der Waals surface area contributed by atoms with E-state index < -0.39 is 41.2 Å². The van der Waals surface area contributed by atoms with Gasteiger partial charge < -0.3 is 26.1 Å². The van der Waals surface area contributed by atoms with Crippen molar-refractivity contribution < 1.29 is 23.6 Å². The molecule has 2 heterocycles. The molecular formula is C28H28FN5O4. The van der Waals surface area contributed by atoms with Crippen molar-refractivity contribution in [1.82, 2.24) is 15.6 Å². The first-order valence-corrected chi connectivity index (χ1v) is 12.1. The van der Waals surface area contributed by atoms with Gasteiger partial charge in [0, 0.05) is 24.6 Å². The summed E-state index contributed by atoms with van der Waals surface area (Å²) in [5.74, 6) is -2.43. The number of rotatable bonds is 10. The predicted molar refractivity (Wildman–Crippen MR) is 138 cm³/mol. The van der Waals surface area contributed by atoms with E-state index in [1.807, 2.05) is 6.07 Å². The molecule has 3 amide bonds. The molecule has 4 atom stereocenters. The van der Waals surface area contributed by atoms with Crippen LogP contribution in [0.2, 0.25) is 0 Å². The zero-order valence-corrected chi connectivity index (χ0v) is 20.7. The van der Waals surface area contributed by atoms with Crippen LogP contribution in [-0.2, 0) is 19.9 Å². The predicted octanol–water partition coefficient (Wildman–Crippen LogP) is 1.93. The van der Waals surface area contributed by atoms with Crippen molar-refractivity contribution in [2.45, 2.75) is 31.0 Å². The highest BCUT2D eigenvalue weighted by Crippen LogP contribution is 2.40. The van der Waals surface area contributed by atoms with Crippen LogP contribution in [0.3, 0.4) is 0 Å². The number of nitrogens with one attached hydrogen (secondary N) is 2. The molecule has 2 unspecified atom stereocenters. The zero-order valence-electron chi connectivity index (χ0n) is 20.7. The first-order chi connectivity index (χ1) is 18.2. The summed E-state index contributed by atoms with van der Waals surface area (Å²) in [6.07, 6.45) is 3.42. The first-order valence-electron chi connectivity index (χ1n) is 12.1. The smallest absolute Gasteiger partial charge is 0.253 e. The number of anilines is 1. The molecule has 0 radical (unpaired) electrons. The largest absolute Gasteiger partial charge is 0.345 e. The summed E-state index contributed by atoms with van der Waals surface area (Å²) in [4.78, 5) is 55.9. The van der Waals surface area contributed by atoms with E-state index in [4.69, 9.17) is 5.73 Å². The summed E-state index contributed by atoms with van der Waals surface area (Å²) in [5, 5.41) is 5.21. The molecule has 10 heteroatoms. The SMILES string of the molecule is C[C@H](NC(=O)c1cccnc1)C(=O)NC(C=O)C[C@@](N)(c1ccccc1)C1CN(c2ccc(F)cc2)C1=O. The van der Waals surface area contributed by atoms with Gasteiger partial charge in [-0.2, -0.15) is 0 Å². The second-order valence-corrected chi connectivity index (χ2v) is 9.28. The third kappa shape index (κ3) is 5.60. The highest BCUT2D eigenvalue weighted by molar-refractivity contribution is 6.02. The topological polar surface area (TPSA) is 134 Å². The van der Waals surface area contributed by atoms with E-state index in [1.165, 1.54) is 48.5 Å². The second-order valence-electron chi connectivity index (χ2n) is 9.28. The number of nitrogens with two attached hydrogens (primary N) is 1. The van der Waals surface area contributed by atoms with Gasteiger partial charge in [0.1, 0.15) is 18.1 Å². The van der Waals surface area contributed by atoms with E-state index in [9.17, 15) is 23.6 Å². The van der Waals surface area contributed by atoms with Crippen LogP contribution >= 0.6 is 0 Å².